The summed E-state index contributed by atoms with van der Waals surface area (Å²) < 4.78 is 52.0. The molecule has 0 aliphatic rings. The summed E-state index contributed by atoms with van der Waals surface area (Å²) in [5, 5.41) is 6.17. The molecule has 12 aromatic rings. The maximum Gasteiger partial charge on any atom is 0.306 e. The van der Waals surface area contributed by atoms with Gasteiger partial charge in [0.15, 0.2) is 5.83 Å². The van der Waals surface area contributed by atoms with E-state index in [1.807, 2.05) is 36.8 Å². The van der Waals surface area contributed by atoms with Crippen LogP contribution in [0.1, 0.15) is 58.2 Å². The van der Waals surface area contributed by atoms with E-state index in [-0.39, 0.29) is 16.4 Å². The van der Waals surface area contributed by atoms with Crippen LogP contribution in [-0.2, 0) is 10.8 Å². The van der Waals surface area contributed by atoms with Crippen molar-refractivity contribution in [1.82, 2.24) is 19.1 Å². The smallest absolute Gasteiger partial charge is 0.306 e. The summed E-state index contributed by atoms with van der Waals surface area (Å²) in [6, 6.07) is 57.4. The molecule has 0 saturated heterocycles. The lowest BCUT2D eigenvalue weighted by Crippen LogP contribution is -2.15. The molecule has 12 rings (SSSR count). The summed E-state index contributed by atoms with van der Waals surface area (Å²) in [6.45, 7) is 13.4. The van der Waals surface area contributed by atoms with Gasteiger partial charge in [-0.05, 0) is 121 Å². The van der Waals surface area contributed by atoms with Gasteiger partial charge in [0.1, 0.15) is 22.8 Å². The molecule has 8 aromatic carbocycles. The molecule has 0 bridgehead atoms. The first-order valence-corrected chi connectivity index (χ1v) is 24.2. The van der Waals surface area contributed by atoms with Gasteiger partial charge in [-0.1, -0.05) is 157 Å². The van der Waals surface area contributed by atoms with Crippen LogP contribution in [-0.4, -0.2) is 19.1 Å². The van der Waals surface area contributed by atoms with E-state index >= 15 is 0 Å². The highest BCUT2D eigenvalue weighted by molar-refractivity contribution is 6.25. The van der Waals surface area contributed by atoms with Gasteiger partial charge in [-0.3, -0.25) is 9.13 Å². The van der Waals surface area contributed by atoms with Crippen LogP contribution in [0.5, 0.6) is 0 Å². The Bertz CT molecular complexity index is 4140. The molecule has 0 spiro atoms. The molecule has 0 N–H and O–H groups in total. The third-order valence-electron chi connectivity index (χ3n) is 14.1. The van der Waals surface area contributed by atoms with Crippen LogP contribution >= 0.6 is 0 Å². The van der Waals surface area contributed by atoms with Crippen molar-refractivity contribution in [3.63, 3.8) is 0 Å². The second kappa shape index (κ2) is 16.8. The highest BCUT2D eigenvalue weighted by Crippen LogP contribution is 2.46. The van der Waals surface area contributed by atoms with E-state index in [2.05, 4.69) is 178 Å². The van der Waals surface area contributed by atoms with Crippen LogP contribution in [0.25, 0.3) is 117 Å². The summed E-state index contributed by atoms with van der Waals surface area (Å²) >= 11 is 0. The number of furan rings is 1. The van der Waals surface area contributed by atoms with Crippen molar-refractivity contribution in [3.05, 3.63) is 211 Å². The lowest BCUT2D eigenvalue weighted by molar-refractivity contribution is 0.410. The molecule has 72 heavy (non-hydrogen) atoms. The highest BCUT2D eigenvalue weighted by atomic mass is 19.3. The molecule has 5 nitrogen and oxygen atoms in total. The highest BCUT2D eigenvalue weighted by Gasteiger charge is 2.26. The van der Waals surface area contributed by atoms with E-state index in [0.717, 1.165) is 105 Å². The van der Waals surface area contributed by atoms with Crippen LogP contribution in [0.3, 0.4) is 0 Å². The molecule has 0 atom stereocenters. The van der Waals surface area contributed by atoms with Crippen molar-refractivity contribution in [2.45, 2.75) is 52.4 Å². The molecule has 0 amide bonds. The number of hydrogen-bond acceptors (Lipinski definition) is 3. The number of fused-ring (bicyclic) bond motifs is 8. The van der Waals surface area contributed by atoms with E-state index in [4.69, 9.17) is 14.4 Å². The van der Waals surface area contributed by atoms with Gasteiger partial charge < -0.3 is 4.42 Å². The average molecular weight is 947 g/mol. The summed E-state index contributed by atoms with van der Waals surface area (Å²) in [5.41, 5.74) is 13.1. The van der Waals surface area contributed by atoms with Crippen LogP contribution in [0, 0.1) is 0 Å². The number of pyridine rings is 1. The number of nitrogens with zero attached hydrogens (tertiary/aromatic N) is 4. The SMILES string of the molecule is CC(C)(C)c1ccnc(-n2c3ccccc3c3ccc(-c4cccc5c4cc(-c4nccn4-c4ccc(-c6ccccc6)cc4C(C)(C)C)c4oc6cc(-c7ccc(C(F)=C(F)F)cc7)ccc6c45)cc32)c1. The molecule has 0 unspecified atom stereocenters. The maximum absolute atomic E-state index is 14.2. The number of aromatic nitrogens is 4. The Labute approximate surface area is 415 Å². The van der Waals surface area contributed by atoms with Gasteiger partial charge in [0, 0.05) is 45.7 Å². The maximum atomic E-state index is 14.2. The van der Waals surface area contributed by atoms with Crippen molar-refractivity contribution in [1.29, 1.82) is 0 Å². The zero-order valence-corrected chi connectivity index (χ0v) is 40.7. The molecular weight excluding hydrogens is 898 g/mol. The monoisotopic (exact) mass is 946 g/mol. The third kappa shape index (κ3) is 7.48. The molecule has 0 aliphatic heterocycles. The number of para-hydroxylation sites is 1. The Balaban J connectivity index is 1.10. The van der Waals surface area contributed by atoms with Gasteiger partial charge >= 0.3 is 6.08 Å². The van der Waals surface area contributed by atoms with Crippen LogP contribution < -0.4 is 0 Å². The fourth-order valence-corrected chi connectivity index (χ4v) is 10.5. The topological polar surface area (TPSA) is 48.8 Å². The lowest BCUT2D eigenvalue weighted by atomic mass is 9.84. The van der Waals surface area contributed by atoms with Crippen LogP contribution in [0.2, 0.25) is 0 Å². The summed E-state index contributed by atoms with van der Waals surface area (Å²) in [7, 11) is 0. The molecule has 8 heteroatoms. The largest absolute Gasteiger partial charge is 0.455 e. The summed E-state index contributed by atoms with van der Waals surface area (Å²) in [4.78, 5) is 10.1. The van der Waals surface area contributed by atoms with E-state index in [1.54, 1.807) is 12.1 Å². The van der Waals surface area contributed by atoms with E-state index in [9.17, 15) is 13.2 Å². The zero-order valence-electron chi connectivity index (χ0n) is 40.7. The fourth-order valence-electron chi connectivity index (χ4n) is 10.5. The van der Waals surface area contributed by atoms with E-state index in [1.165, 1.54) is 17.7 Å². The number of benzene rings is 8. The van der Waals surface area contributed by atoms with Crippen molar-refractivity contribution < 1.29 is 17.6 Å². The van der Waals surface area contributed by atoms with Crippen molar-refractivity contribution >= 4 is 60.3 Å². The Hall–Kier alpha value is -8.49. The molecule has 0 aliphatic carbocycles. The van der Waals surface area contributed by atoms with Gasteiger partial charge in [0.05, 0.1) is 22.3 Å². The normalized spacial score (nSPS) is 12.2. The molecule has 4 aromatic heterocycles. The first kappa shape index (κ1) is 44.7. The van der Waals surface area contributed by atoms with Gasteiger partial charge in [-0.2, -0.15) is 8.78 Å². The van der Waals surface area contributed by atoms with Crippen molar-refractivity contribution in [2.24, 2.45) is 0 Å². The lowest BCUT2D eigenvalue weighted by Gasteiger charge is -2.25. The second-order valence-corrected chi connectivity index (χ2v) is 20.7. The van der Waals surface area contributed by atoms with Crippen molar-refractivity contribution in [2.75, 3.05) is 0 Å². The number of imidazole rings is 1. The number of halogens is 3. The molecule has 0 fully saturated rings. The Morgan fingerprint density at radius 1 is 0.500 bits per heavy atom. The number of hydrogen-bond donors (Lipinski definition) is 0. The zero-order chi connectivity index (χ0) is 49.6. The van der Waals surface area contributed by atoms with Gasteiger partial charge in [0.25, 0.3) is 0 Å². The third-order valence-corrected chi connectivity index (χ3v) is 14.1. The van der Waals surface area contributed by atoms with Crippen LogP contribution in [0.4, 0.5) is 13.2 Å². The quantitative estimate of drug-likeness (QED) is 0.160. The fraction of sp³-hybridized carbons (Fsp3) is 0.125. The van der Waals surface area contributed by atoms with Gasteiger partial charge in [-0.25, -0.2) is 14.4 Å². The second-order valence-electron chi connectivity index (χ2n) is 20.7. The minimum atomic E-state index is -2.35. The Kier molecular flexibility index (Phi) is 10.5. The molecule has 4 heterocycles. The molecule has 0 radical (unpaired) electrons. The predicted octanol–water partition coefficient (Wildman–Crippen LogP) is 18.2. The predicted molar refractivity (Wildman–Crippen MR) is 290 cm³/mol. The Morgan fingerprint density at radius 3 is 1.96 bits per heavy atom. The van der Waals surface area contributed by atoms with Gasteiger partial charge in [-0.15, -0.1) is 0 Å². The first-order chi connectivity index (χ1) is 34.7. The minimum absolute atomic E-state index is 0.0656. The minimum Gasteiger partial charge on any atom is -0.455 e. The van der Waals surface area contributed by atoms with Gasteiger partial charge in [0.2, 0.25) is 0 Å². The number of rotatable bonds is 7. The molecular formula is C64H49F3N4O. The first-order valence-electron chi connectivity index (χ1n) is 24.2. The van der Waals surface area contributed by atoms with E-state index in [0.29, 0.717) is 11.2 Å². The van der Waals surface area contributed by atoms with E-state index < -0.39 is 11.9 Å². The van der Waals surface area contributed by atoms with Crippen LogP contribution in [0.15, 0.2) is 199 Å². The van der Waals surface area contributed by atoms with Crippen molar-refractivity contribution in [3.8, 4) is 56.3 Å². The molecule has 352 valence electrons. The Morgan fingerprint density at radius 2 is 1.18 bits per heavy atom. The molecule has 0 saturated carbocycles. The summed E-state index contributed by atoms with van der Waals surface area (Å²) in [6.07, 6.45) is 3.44. The standard InChI is InChI=1S/C64H49F3N4O/c1-63(2,3)44-29-30-68-57(36-44)71-53-18-11-10-15-46(53)47-26-24-43(34-55(47)71)45-16-12-17-48-50(45)37-51(60-58(48)49-27-23-42(35-56(49)72-60)39-19-21-40(22-20-39)59(65)61(66)67)62-69-31-32-70(62)54-28-25-41(33-52(54)64(4,5)6)38-13-8-7-9-14-38/h7-37H,1-6H3. The summed E-state index contributed by atoms with van der Waals surface area (Å²) in [5.74, 6) is 0.0577. The average Bonchev–Trinajstić information content (AvgIpc) is 4.12.